The second kappa shape index (κ2) is 4.74. The molecule has 0 amide bonds. The highest BCUT2D eigenvalue weighted by Crippen LogP contribution is 2.29. The molecule has 1 aromatic carbocycles. The van der Waals surface area contributed by atoms with Crippen LogP contribution in [0.5, 0.6) is 0 Å². The lowest BCUT2D eigenvalue weighted by molar-refractivity contribution is 0.144. The SMILES string of the molecule is O=S1(=O)CCC(CC(O)c2ccccc2F)C1. The monoisotopic (exact) mass is 258 g/mol. The number of hydrogen-bond donors (Lipinski definition) is 1. The van der Waals surface area contributed by atoms with E-state index >= 15 is 0 Å². The zero-order valence-corrected chi connectivity index (χ0v) is 10.2. The normalized spacial score (nSPS) is 24.7. The summed E-state index contributed by atoms with van der Waals surface area (Å²) in [6, 6.07) is 6.05. The van der Waals surface area contributed by atoms with Crippen LogP contribution in [0, 0.1) is 11.7 Å². The van der Waals surface area contributed by atoms with Crippen LogP contribution in [0.4, 0.5) is 4.39 Å². The van der Waals surface area contributed by atoms with Gasteiger partial charge in [0.15, 0.2) is 9.84 Å². The average Bonchev–Trinajstić information content (AvgIpc) is 2.58. The van der Waals surface area contributed by atoms with Crippen molar-refractivity contribution in [2.45, 2.75) is 18.9 Å². The molecular weight excluding hydrogens is 243 g/mol. The van der Waals surface area contributed by atoms with Crippen molar-refractivity contribution in [1.82, 2.24) is 0 Å². The fraction of sp³-hybridized carbons (Fsp3) is 0.500. The summed E-state index contributed by atoms with van der Waals surface area (Å²) in [6.45, 7) is 0. The minimum absolute atomic E-state index is 0.0605. The summed E-state index contributed by atoms with van der Waals surface area (Å²) in [4.78, 5) is 0. The first kappa shape index (κ1) is 12.5. The molecule has 0 bridgehead atoms. The lowest BCUT2D eigenvalue weighted by Crippen LogP contribution is -2.10. The van der Waals surface area contributed by atoms with Crippen LogP contribution in [0.3, 0.4) is 0 Å². The topological polar surface area (TPSA) is 54.4 Å². The second-order valence-electron chi connectivity index (χ2n) is 4.54. The Morgan fingerprint density at radius 2 is 2.12 bits per heavy atom. The zero-order chi connectivity index (χ0) is 12.5. The lowest BCUT2D eigenvalue weighted by Gasteiger charge is -2.15. The van der Waals surface area contributed by atoms with Crippen molar-refractivity contribution >= 4 is 9.84 Å². The molecule has 1 aromatic rings. The fourth-order valence-corrected chi connectivity index (χ4v) is 4.13. The third kappa shape index (κ3) is 3.04. The van der Waals surface area contributed by atoms with Gasteiger partial charge in [-0.05, 0) is 24.8 Å². The molecule has 1 saturated heterocycles. The van der Waals surface area contributed by atoms with Crippen molar-refractivity contribution in [2.24, 2.45) is 5.92 Å². The number of hydrogen-bond acceptors (Lipinski definition) is 3. The molecular formula is C12H15FO3S. The average molecular weight is 258 g/mol. The molecule has 0 saturated carbocycles. The van der Waals surface area contributed by atoms with Crippen molar-refractivity contribution in [3.8, 4) is 0 Å². The summed E-state index contributed by atoms with van der Waals surface area (Å²) in [6.07, 6.45) is -0.0527. The predicted octanol–water partition coefficient (Wildman–Crippen LogP) is 1.68. The van der Waals surface area contributed by atoms with Crippen molar-refractivity contribution in [1.29, 1.82) is 0 Å². The van der Waals surface area contributed by atoms with Crippen molar-refractivity contribution in [3.63, 3.8) is 0 Å². The van der Waals surface area contributed by atoms with E-state index in [0.717, 1.165) is 0 Å². The van der Waals surface area contributed by atoms with Crippen LogP contribution in [0.1, 0.15) is 24.5 Å². The standard InChI is InChI=1S/C12H15FO3S/c13-11-4-2-1-3-10(11)12(14)7-9-5-6-17(15,16)8-9/h1-4,9,12,14H,5-8H2. The van der Waals surface area contributed by atoms with Crippen LogP contribution in [0.25, 0.3) is 0 Å². The van der Waals surface area contributed by atoms with Gasteiger partial charge in [0.25, 0.3) is 0 Å². The summed E-state index contributed by atoms with van der Waals surface area (Å²) in [5, 5.41) is 9.90. The third-order valence-electron chi connectivity index (χ3n) is 3.15. The van der Waals surface area contributed by atoms with Gasteiger partial charge < -0.3 is 5.11 Å². The number of rotatable bonds is 3. The lowest BCUT2D eigenvalue weighted by atomic mass is 9.96. The van der Waals surface area contributed by atoms with Crippen LogP contribution >= 0.6 is 0 Å². The Labute approximate surface area is 100 Å². The Balaban J connectivity index is 2.03. The summed E-state index contributed by atoms with van der Waals surface area (Å²) < 4.78 is 35.9. The highest BCUT2D eigenvalue weighted by Gasteiger charge is 2.30. The van der Waals surface area contributed by atoms with E-state index < -0.39 is 21.8 Å². The summed E-state index contributed by atoms with van der Waals surface area (Å²) in [7, 11) is -2.94. The van der Waals surface area contributed by atoms with Gasteiger partial charge >= 0.3 is 0 Å². The van der Waals surface area contributed by atoms with E-state index in [9.17, 15) is 17.9 Å². The molecule has 2 atom stereocenters. The van der Waals surface area contributed by atoms with Crippen LogP contribution in [-0.2, 0) is 9.84 Å². The molecule has 1 fully saturated rings. The van der Waals surface area contributed by atoms with E-state index in [1.54, 1.807) is 12.1 Å². The molecule has 5 heteroatoms. The first-order valence-electron chi connectivity index (χ1n) is 5.61. The van der Waals surface area contributed by atoms with Crippen LogP contribution in [-0.4, -0.2) is 25.0 Å². The van der Waals surface area contributed by atoms with Crippen molar-refractivity contribution in [2.75, 3.05) is 11.5 Å². The highest BCUT2D eigenvalue weighted by molar-refractivity contribution is 7.91. The number of benzene rings is 1. The van der Waals surface area contributed by atoms with Gasteiger partial charge in [-0.2, -0.15) is 0 Å². The van der Waals surface area contributed by atoms with Crippen LogP contribution in [0.2, 0.25) is 0 Å². The van der Waals surface area contributed by atoms with Crippen LogP contribution in [0.15, 0.2) is 24.3 Å². The maximum atomic E-state index is 13.4. The molecule has 1 aliphatic heterocycles. The van der Waals surface area contributed by atoms with Gasteiger partial charge in [0.05, 0.1) is 17.6 Å². The molecule has 2 unspecified atom stereocenters. The highest BCUT2D eigenvalue weighted by atomic mass is 32.2. The minimum atomic E-state index is -2.94. The Morgan fingerprint density at radius 3 is 2.71 bits per heavy atom. The first-order chi connectivity index (χ1) is 7.98. The maximum Gasteiger partial charge on any atom is 0.150 e. The Bertz CT molecular complexity index is 498. The molecule has 3 nitrogen and oxygen atoms in total. The van der Waals surface area contributed by atoms with E-state index in [-0.39, 0.29) is 23.0 Å². The minimum Gasteiger partial charge on any atom is -0.388 e. The molecule has 0 aliphatic carbocycles. The van der Waals surface area contributed by atoms with E-state index in [1.807, 2.05) is 0 Å². The number of aliphatic hydroxyl groups excluding tert-OH is 1. The van der Waals surface area contributed by atoms with E-state index in [4.69, 9.17) is 0 Å². The Hall–Kier alpha value is -0.940. The quantitative estimate of drug-likeness (QED) is 0.897. The van der Waals surface area contributed by atoms with Gasteiger partial charge in [-0.25, -0.2) is 12.8 Å². The molecule has 17 heavy (non-hydrogen) atoms. The fourth-order valence-electron chi connectivity index (χ4n) is 2.25. The molecule has 1 aliphatic rings. The second-order valence-corrected chi connectivity index (χ2v) is 6.77. The maximum absolute atomic E-state index is 13.4. The van der Waals surface area contributed by atoms with Crippen LogP contribution < -0.4 is 0 Å². The van der Waals surface area contributed by atoms with Crippen molar-refractivity contribution in [3.05, 3.63) is 35.6 Å². The summed E-state index contributed by atoms with van der Waals surface area (Å²) in [5.74, 6) is -0.212. The van der Waals surface area contributed by atoms with Gasteiger partial charge in [-0.3, -0.25) is 0 Å². The summed E-state index contributed by atoms with van der Waals surface area (Å²) in [5.41, 5.74) is 0.247. The molecule has 0 spiro atoms. The molecule has 1 heterocycles. The van der Waals surface area contributed by atoms with E-state index in [1.165, 1.54) is 12.1 Å². The van der Waals surface area contributed by atoms with Gasteiger partial charge in [0.1, 0.15) is 5.82 Å². The third-order valence-corrected chi connectivity index (χ3v) is 4.98. The molecule has 94 valence electrons. The van der Waals surface area contributed by atoms with Gasteiger partial charge in [0.2, 0.25) is 0 Å². The number of sulfone groups is 1. The number of aliphatic hydroxyl groups is 1. The van der Waals surface area contributed by atoms with Crippen molar-refractivity contribution < 1.29 is 17.9 Å². The van der Waals surface area contributed by atoms with E-state index in [0.29, 0.717) is 12.8 Å². The summed E-state index contributed by atoms with van der Waals surface area (Å²) >= 11 is 0. The van der Waals surface area contributed by atoms with E-state index in [2.05, 4.69) is 0 Å². The predicted molar refractivity (Wildman–Crippen MR) is 62.7 cm³/mol. The molecule has 0 radical (unpaired) electrons. The van der Waals surface area contributed by atoms with Gasteiger partial charge in [-0.1, -0.05) is 18.2 Å². The smallest absolute Gasteiger partial charge is 0.150 e. The van der Waals surface area contributed by atoms with Gasteiger partial charge in [0, 0.05) is 5.56 Å². The Kier molecular flexibility index (Phi) is 3.49. The first-order valence-corrected chi connectivity index (χ1v) is 7.43. The zero-order valence-electron chi connectivity index (χ0n) is 9.34. The number of halogens is 1. The molecule has 1 N–H and O–H groups in total. The molecule has 2 rings (SSSR count). The molecule has 0 aromatic heterocycles. The largest absolute Gasteiger partial charge is 0.388 e. The Morgan fingerprint density at radius 1 is 1.41 bits per heavy atom. The van der Waals surface area contributed by atoms with Gasteiger partial charge in [-0.15, -0.1) is 0 Å².